The van der Waals surface area contributed by atoms with Gasteiger partial charge in [0.1, 0.15) is 0 Å². The van der Waals surface area contributed by atoms with Crippen molar-refractivity contribution in [2.24, 2.45) is 45.3 Å². The van der Waals surface area contributed by atoms with E-state index >= 15 is 0 Å². The molecule has 0 heterocycles. The number of hydrogen-bond donors (Lipinski definition) is 7. The van der Waals surface area contributed by atoms with Gasteiger partial charge < -0.3 is 51.4 Å². The lowest BCUT2D eigenvalue weighted by atomic mass is 9.72. The number of azide groups is 1. The van der Waals surface area contributed by atoms with E-state index in [9.17, 15) is 49.1 Å². The summed E-state index contributed by atoms with van der Waals surface area (Å²) in [7, 11) is -0.439. The number of phenolic OH excluding ortho intramolecular Hbond substituents is 2. The van der Waals surface area contributed by atoms with E-state index < -0.39 is 76.7 Å². The highest BCUT2D eigenvalue weighted by Crippen LogP contribution is 2.37. The van der Waals surface area contributed by atoms with Crippen LogP contribution in [0.25, 0.3) is 10.4 Å². The summed E-state index contributed by atoms with van der Waals surface area (Å²) in [5.74, 6) is -6.57. The van der Waals surface area contributed by atoms with E-state index in [1.54, 1.807) is 7.05 Å². The van der Waals surface area contributed by atoms with Crippen LogP contribution in [0, 0.1) is 44.6 Å². The molecule has 22 nitrogen and oxygen atoms in total. The highest BCUT2D eigenvalue weighted by molar-refractivity contribution is 6.71. The standard InChI is InChI=1S/C51H91N11O11Si/c1-12-73-74(10,11)29-25-57-49(70)41(51(6,7)8)32-39(47(68)54-21-16-14-13-15-20-52)30-38(46(67)55-23-19-37-33-43(64)44(65)34-42(37)62(71)72)31-40(35-50(3,4)5)48(69)56-24-26-61(28-27-60(9)36(2)63)45(66)18-17-22-58-59-53/h33-34,38-41,64-65H,12-32,35,52H2,1-11H3,(H,54,68)(H,55,67)(H,56,69)(H,57,70). The van der Waals surface area contributed by atoms with Crippen molar-refractivity contribution < 1.29 is 48.3 Å². The van der Waals surface area contributed by atoms with Crippen LogP contribution in [0.2, 0.25) is 19.1 Å². The molecule has 0 radical (unpaired) electrons. The Morgan fingerprint density at radius 2 is 1.38 bits per heavy atom. The predicted octanol–water partition coefficient (Wildman–Crippen LogP) is 6.29. The molecular formula is C51H91N11O11Si. The van der Waals surface area contributed by atoms with Gasteiger partial charge in [-0.15, -0.1) is 0 Å². The minimum Gasteiger partial charge on any atom is -0.504 e. The number of nitrogens with zero attached hydrogens (tertiary/aromatic N) is 6. The number of likely N-dealkylation sites (N-methyl/N-ethyl adjacent to an activating group) is 1. The molecule has 4 unspecified atom stereocenters. The van der Waals surface area contributed by atoms with Crippen LogP contribution in [0.3, 0.4) is 0 Å². The molecule has 4 atom stereocenters. The normalized spacial score (nSPS) is 13.4. The smallest absolute Gasteiger partial charge is 0.276 e. The maximum atomic E-state index is 14.7. The van der Waals surface area contributed by atoms with E-state index in [0.717, 1.165) is 31.4 Å². The van der Waals surface area contributed by atoms with E-state index in [1.807, 2.05) is 48.5 Å². The number of carbonyl (C=O) groups is 6. The summed E-state index contributed by atoms with van der Waals surface area (Å²) in [4.78, 5) is 100. The summed E-state index contributed by atoms with van der Waals surface area (Å²) in [5, 5.41) is 47.6. The molecule has 420 valence electrons. The molecule has 1 aromatic rings. The monoisotopic (exact) mass is 1060 g/mol. The van der Waals surface area contributed by atoms with E-state index in [4.69, 9.17) is 15.7 Å². The third-order valence-corrected chi connectivity index (χ3v) is 15.6. The topological polar surface area (TPSA) is 325 Å². The zero-order chi connectivity index (χ0) is 56.2. The average molecular weight is 1060 g/mol. The van der Waals surface area contributed by atoms with Gasteiger partial charge in [-0.05, 0) is 106 Å². The van der Waals surface area contributed by atoms with Gasteiger partial charge in [-0.25, -0.2) is 0 Å². The number of aromatic hydroxyl groups is 2. The average Bonchev–Trinajstić information content (AvgIpc) is 3.30. The number of nitro groups is 1. The first kappa shape index (κ1) is 66.5. The lowest BCUT2D eigenvalue weighted by molar-refractivity contribution is -0.385. The first-order valence-corrected chi connectivity index (χ1v) is 29.3. The number of nitro benzene ring substituents is 1. The van der Waals surface area contributed by atoms with Crippen molar-refractivity contribution in [1.82, 2.24) is 31.1 Å². The van der Waals surface area contributed by atoms with E-state index in [0.29, 0.717) is 51.5 Å². The molecular weight excluding hydrogens is 971 g/mol. The second kappa shape index (κ2) is 33.4. The Bertz CT molecular complexity index is 2020. The molecule has 0 bridgehead atoms. The maximum absolute atomic E-state index is 14.7. The molecule has 74 heavy (non-hydrogen) atoms. The molecule has 0 saturated heterocycles. The fraction of sp³-hybridized carbons (Fsp3) is 0.765. The fourth-order valence-corrected chi connectivity index (χ4v) is 10.4. The van der Waals surface area contributed by atoms with E-state index in [-0.39, 0.29) is 101 Å². The van der Waals surface area contributed by atoms with Crippen LogP contribution >= 0.6 is 0 Å². The summed E-state index contributed by atoms with van der Waals surface area (Å²) in [5.41, 5.74) is 12.9. The Morgan fingerprint density at radius 3 is 1.96 bits per heavy atom. The minimum atomic E-state index is -2.05. The number of rotatable bonds is 36. The van der Waals surface area contributed by atoms with E-state index in [2.05, 4.69) is 44.4 Å². The molecule has 6 amide bonds. The Hall–Kier alpha value is -5.51. The molecule has 1 rings (SSSR count). The zero-order valence-electron chi connectivity index (χ0n) is 46.3. The fourth-order valence-electron chi connectivity index (χ4n) is 8.72. The number of nitrogens with two attached hydrogens (primary N) is 1. The van der Waals surface area contributed by atoms with Gasteiger partial charge in [-0.1, -0.05) is 59.5 Å². The van der Waals surface area contributed by atoms with Crippen LogP contribution in [-0.2, 0) is 39.6 Å². The quantitative estimate of drug-likeness (QED) is 0.00570. The number of nitrogens with one attached hydrogen (secondary N) is 4. The molecule has 0 saturated carbocycles. The van der Waals surface area contributed by atoms with Crippen molar-refractivity contribution in [2.75, 3.05) is 72.6 Å². The van der Waals surface area contributed by atoms with Gasteiger partial charge in [0.2, 0.25) is 35.4 Å². The van der Waals surface area contributed by atoms with Crippen molar-refractivity contribution in [2.45, 2.75) is 145 Å². The molecule has 0 aliphatic heterocycles. The van der Waals surface area contributed by atoms with Gasteiger partial charge in [-0.3, -0.25) is 38.9 Å². The molecule has 0 fully saturated rings. The summed E-state index contributed by atoms with van der Waals surface area (Å²) < 4.78 is 5.98. The SMILES string of the molecule is CCO[Si](C)(C)CCNC(=O)C(CC(CC(CC(CC(C)(C)C)C(=O)NCCN(CCN(C)C(C)=O)C(=O)CCCN=[N+]=[N-])C(=O)NCCc1cc(O)c(O)cc1[N+](=O)[O-])C(=O)NCCCCCCN)C(C)(C)C. The highest BCUT2D eigenvalue weighted by atomic mass is 28.4. The lowest BCUT2D eigenvalue weighted by Crippen LogP contribution is -2.45. The van der Waals surface area contributed by atoms with Crippen LogP contribution < -0.4 is 27.0 Å². The maximum Gasteiger partial charge on any atom is 0.276 e. The van der Waals surface area contributed by atoms with Gasteiger partial charge in [-0.2, -0.15) is 0 Å². The van der Waals surface area contributed by atoms with Crippen molar-refractivity contribution in [3.63, 3.8) is 0 Å². The Kier molecular flexibility index (Phi) is 30.0. The van der Waals surface area contributed by atoms with Crippen molar-refractivity contribution in [3.05, 3.63) is 38.3 Å². The number of hydrogen-bond acceptors (Lipinski definition) is 13. The third-order valence-electron chi connectivity index (χ3n) is 13.0. The second-order valence-electron chi connectivity index (χ2n) is 22.1. The van der Waals surface area contributed by atoms with Crippen LogP contribution in [0.4, 0.5) is 5.69 Å². The van der Waals surface area contributed by atoms with Crippen molar-refractivity contribution in [1.29, 1.82) is 0 Å². The van der Waals surface area contributed by atoms with Crippen molar-refractivity contribution >= 4 is 49.4 Å². The molecule has 8 N–H and O–H groups in total. The van der Waals surface area contributed by atoms with Crippen LogP contribution in [0.15, 0.2) is 17.2 Å². The van der Waals surface area contributed by atoms with Crippen LogP contribution in [0.5, 0.6) is 11.5 Å². The van der Waals surface area contributed by atoms with Crippen LogP contribution in [0.1, 0.15) is 125 Å². The van der Waals surface area contributed by atoms with Gasteiger partial charge in [0.05, 0.1) is 11.0 Å². The number of benzene rings is 1. The Morgan fingerprint density at radius 1 is 0.811 bits per heavy atom. The number of amides is 6. The van der Waals surface area contributed by atoms with Gasteiger partial charge in [0.25, 0.3) is 5.69 Å². The second-order valence-corrected chi connectivity index (χ2v) is 26.5. The number of unbranched alkanes of at least 4 members (excludes halogenated alkanes) is 3. The minimum absolute atomic E-state index is 0.0311. The predicted molar refractivity (Wildman–Crippen MR) is 288 cm³/mol. The number of phenols is 2. The Labute approximate surface area is 440 Å². The molecule has 0 aliphatic rings. The Balaban J connectivity index is 3.80. The summed E-state index contributed by atoms with van der Waals surface area (Å²) in [6, 6.07) is 2.57. The van der Waals surface area contributed by atoms with Gasteiger partial charge in [0, 0.05) is 114 Å². The lowest BCUT2D eigenvalue weighted by Gasteiger charge is -2.34. The molecule has 23 heteroatoms. The first-order chi connectivity index (χ1) is 34.6. The van der Waals surface area contributed by atoms with Gasteiger partial charge in [0.15, 0.2) is 19.8 Å². The molecule has 0 spiro atoms. The molecule has 1 aromatic carbocycles. The zero-order valence-corrected chi connectivity index (χ0v) is 47.3. The van der Waals surface area contributed by atoms with Crippen molar-refractivity contribution in [3.8, 4) is 11.5 Å². The number of carbonyl (C=O) groups excluding carboxylic acids is 6. The summed E-state index contributed by atoms with van der Waals surface area (Å²) in [6.07, 6.45) is 3.82. The first-order valence-electron chi connectivity index (χ1n) is 26.2. The molecule has 0 aliphatic carbocycles. The molecule has 0 aromatic heterocycles. The summed E-state index contributed by atoms with van der Waals surface area (Å²) in [6.45, 7) is 21.6. The van der Waals surface area contributed by atoms with E-state index in [1.165, 1.54) is 16.7 Å². The largest absolute Gasteiger partial charge is 0.504 e. The van der Waals surface area contributed by atoms with Gasteiger partial charge >= 0.3 is 0 Å². The highest BCUT2D eigenvalue weighted by Gasteiger charge is 2.39. The third kappa shape index (κ3) is 26.6. The van der Waals surface area contributed by atoms with Crippen LogP contribution in [-0.4, -0.2) is 141 Å². The summed E-state index contributed by atoms with van der Waals surface area (Å²) >= 11 is 0.